The number of carboxylic acid groups (broad SMARTS) is 1. The van der Waals surface area contributed by atoms with E-state index in [4.69, 9.17) is 15.6 Å². The summed E-state index contributed by atoms with van der Waals surface area (Å²) in [7, 11) is -4.01. The molecule has 0 amide bonds. The topological polar surface area (TPSA) is 127 Å². The number of Topliss-reactive ketones (excluding diaryl/α,β-unsaturated/α-hetero) is 1. The molecule has 0 spiro atoms. The van der Waals surface area contributed by atoms with Gasteiger partial charge >= 0.3 is 5.97 Å². The number of carbonyl (C=O) groups is 2. The molecule has 1 aliphatic heterocycles. The number of rotatable bonds is 9. The van der Waals surface area contributed by atoms with Gasteiger partial charge in [0.2, 0.25) is 10.0 Å². The predicted octanol–water partition coefficient (Wildman–Crippen LogP) is 3.10. The Kier molecular flexibility index (Phi) is 7.13. The Balaban J connectivity index is 1.62. The number of nitrogens with two attached hydrogens (primary N) is 1. The molecule has 0 saturated carbocycles. The predicted molar refractivity (Wildman–Crippen MR) is 130 cm³/mol. The van der Waals surface area contributed by atoms with Gasteiger partial charge in [-0.1, -0.05) is 24.3 Å². The van der Waals surface area contributed by atoms with E-state index in [1.165, 1.54) is 61.5 Å². The molecule has 11 heteroatoms. The largest absolute Gasteiger partial charge is 0.480 e. The molecular weight excluding hydrogens is 506 g/mol. The summed E-state index contributed by atoms with van der Waals surface area (Å²) in [5, 5.41) is 9.04. The van der Waals surface area contributed by atoms with E-state index in [-0.39, 0.29) is 35.7 Å². The van der Waals surface area contributed by atoms with Crippen molar-refractivity contribution < 1.29 is 36.6 Å². The van der Waals surface area contributed by atoms with E-state index in [0.29, 0.717) is 11.1 Å². The third-order valence-corrected chi connectivity index (χ3v) is 7.96. The number of carboxylic acids is 1. The molecule has 1 saturated heterocycles. The van der Waals surface area contributed by atoms with E-state index < -0.39 is 45.1 Å². The maximum absolute atomic E-state index is 14.4. The molecule has 194 valence electrons. The lowest BCUT2D eigenvalue weighted by Crippen LogP contribution is -2.64. The second kappa shape index (κ2) is 10.0. The minimum Gasteiger partial charge on any atom is -0.480 e. The van der Waals surface area contributed by atoms with Crippen LogP contribution in [0.5, 0.6) is 5.75 Å². The van der Waals surface area contributed by atoms with Crippen LogP contribution in [0.15, 0.2) is 71.6 Å². The molecule has 1 fully saturated rings. The smallest absolute Gasteiger partial charge is 0.320 e. The maximum atomic E-state index is 14.4. The third kappa shape index (κ3) is 5.38. The molecular formula is C26H24F2N2O6S. The highest BCUT2D eigenvalue weighted by atomic mass is 32.2. The lowest BCUT2D eigenvalue weighted by Gasteiger charge is -2.48. The highest BCUT2D eigenvalue weighted by Gasteiger charge is 2.52. The van der Waals surface area contributed by atoms with Crippen LogP contribution in [0.4, 0.5) is 8.78 Å². The molecule has 0 aromatic heterocycles. The average molecular weight is 531 g/mol. The number of aliphatic carboxylic acids is 1. The molecule has 0 bridgehead atoms. The molecule has 0 unspecified atom stereocenters. The van der Waals surface area contributed by atoms with Gasteiger partial charge in [0.25, 0.3) is 0 Å². The Morgan fingerprint density at radius 3 is 2.35 bits per heavy atom. The molecule has 4 rings (SSSR count). The van der Waals surface area contributed by atoms with Crippen molar-refractivity contribution in [2.45, 2.75) is 29.9 Å². The number of benzene rings is 3. The highest BCUT2D eigenvalue weighted by Crippen LogP contribution is 2.40. The first kappa shape index (κ1) is 26.4. The van der Waals surface area contributed by atoms with Crippen molar-refractivity contribution in [2.75, 3.05) is 13.1 Å². The first-order chi connectivity index (χ1) is 17.4. The van der Waals surface area contributed by atoms with E-state index in [9.17, 15) is 26.8 Å². The zero-order valence-corrected chi connectivity index (χ0v) is 20.5. The first-order valence-electron chi connectivity index (χ1n) is 11.2. The minimum atomic E-state index is -4.01. The van der Waals surface area contributed by atoms with Crippen molar-refractivity contribution in [3.8, 4) is 5.75 Å². The van der Waals surface area contributed by atoms with Gasteiger partial charge in [-0.15, -0.1) is 0 Å². The summed E-state index contributed by atoms with van der Waals surface area (Å²) in [5.74, 6) is -2.85. The van der Waals surface area contributed by atoms with Crippen molar-refractivity contribution >= 4 is 21.8 Å². The van der Waals surface area contributed by atoms with Crippen molar-refractivity contribution in [3.05, 3.63) is 95.1 Å². The molecule has 3 aromatic rings. The van der Waals surface area contributed by atoms with Gasteiger partial charge in [0.15, 0.2) is 11.4 Å². The second-order valence-electron chi connectivity index (χ2n) is 8.87. The molecule has 3 N–H and O–H groups in total. The van der Waals surface area contributed by atoms with Crippen LogP contribution in [0.2, 0.25) is 0 Å². The first-order valence-corrected chi connectivity index (χ1v) is 12.7. The monoisotopic (exact) mass is 530 g/mol. The number of carbonyl (C=O) groups excluding carboxylic acids is 1. The number of sulfonamides is 1. The number of nitrogens with zero attached hydrogens (tertiary/aromatic N) is 1. The summed E-state index contributed by atoms with van der Waals surface area (Å²) in [5.41, 5.74) is 5.15. The van der Waals surface area contributed by atoms with Crippen molar-refractivity contribution in [3.63, 3.8) is 0 Å². The van der Waals surface area contributed by atoms with E-state index in [1.54, 1.807) is 6.07 Å². The summed E-state index contributed by atoms with van der Waals surface area (Å²) in [4.78, 5) is 22.6. The molecule has 1 atom stereocenters. The minimum absolute atomic E-state index is 0.0489. The summed E-state index contributed by atoms with van der Waals surface area (Å²) in [6.07, 6.45) is -0.0524. The standard InChI is InChI=1S/C26H24F2N2O6S/c1-16(31)22-10-9-20(13-23(22)28)36-26(18-5-7-19(27)8-6-18)14-30(15-26)37(34,35)21-4-2-3-17(11-21)12-24(29)25(32)33/h2-11,13,24H,12,14-15,29H2,1H3,(H,32,33)/t24-/m0/s1. The SMILES string of the molecule is CC(=O)c1ccc(OC2(c3ccc(F)cc3)CN(S(=O)(=O)c3cccc(C[C@H](N)C(=O)O)c3)C2)cc1F. The Hall–Kier alpha value is -3.67. The summed E-state index contributed by atoms with van der Waals surface area (Å²) in [6, 6.07) is 13.8. The van der Waals surface area contributed by atoms with Crippen LogP contribution in [-0.4, -0.2) is 48.7 Å². The maximum Gasteiger partial charge on any atom is 0.320 e. The third-order valence-electron chi connectivity index (χ3n) is 6.18. The van der Waals surface area contributed by atoms with Gasteiger partial charge in [-0.2, -0.15) is 4.31 Å². The van der Waals surface area contributed by atoms with Gasteiger partial charge in [0.05, 0.1) is 23.5 Å². The van der Waals surface area contributed by atoms with Crippen molar-refractivity contribution in [1.82, 2.24) is 4.31 Å². The van der Waals surface area contributed by atoms with E-state index >= 15 is 0 Å². The lowest BCUT2D eigenvalue weighted by atomic mass is 9.87. The molecule has 8 nitrogen and oxygen atoms in total. The molecule has 1 heterocycles. The summed E-state index contributed by atoms with van der Waals surface area (Å²) < 4.78 is 61.9. The number of ketones is 1. The number of ether oxygens (including phenoxy) is 1. The van der Waals surface area contributed by atoms with Gasteiger partial charge in [0, 0.05) is 6.07 Å². The van der Waals surface area contributed by atoms with Crippen LogP contribution < -0.4 is 10.5 Å². The van der Waals surface area contributed by atoms with Crippen molar-refractivity contribution in [2.24, 2.45) is 5.73 Å². The molecule has 1 aliphatic rings. The van der Waals surface area contributed by atoms with Crippen LogP contribution in [0, 0.1) is 11.6 Å². The zero-order valence-electron chi connectivity index (χ0n) is 19.7. The van der Waals surface area contributed by atoms with E-state index in [2.05, 4.69) is 0 Å². The van der Waals surface area contributed by atoms with Crippen molar-refractivity contribution in [1.29, 1.82) is 0 Å². The Bertz CT molecular complexity index is 1450. The number of hydrogen-bond acceptors (Lipinski definition) is 6. The van der Waals surface area contributed by atoms with Gasteiger partial charge in [-0.05, 0) is 60.9 Å². The van der Waals surface area contributed by atoms with Gasteiger partial charge in [0.1, 0.15) is 23.4 Å². The van der Waals surface area contributed by atoms with Crippen LogP contribution in [-0.2, 0) is 26.8 Å². The summed E-state index contributed by atoms with van der Waals surface area (Å²) in [6.45, 7) is 0.920. The Morgan fingerprint density at radius 1 is 1.08 bits per heavy atom. The lowest BCUT2D eigenvalue weighted by molar-refractivity contribution is -0.138. The van der Waals surface area contributed by atoms with Gasteiger partial charge in [-0.3, -0.25) is 9.59 Å². The number of halogens is 2. The number of hydrogen-bond donors (Lipinski definition) is 2. The van der Waals surface area contributed by atoms with Crippen LogP contribution in [0.25, 0.3) is 0 Å². The fraction of sp³-hybridized carbons (Fsp3) is 0.231. The molecule has 37 heavy (non-hydrogen) atoms. The normalized spacial score (nSPS) is 16.0. The van der Waals surface area contributed by atoms with Gasteiger partial charge in [-0.25, -0.2) is 17.2 Å². The zero-order chi connectivity index (χ0) is 27.0. The van der Waals surface area contributed by atoms with Crippen LogP contribution in [0.3, 0.4) is 0 Å². The average Bonchev–Trinajstić information content (AvgIpc) is 2.81. The molecule has 0 aliphatic carbocycles. The van der Waals surface area contributed by atoms with Gasteiger partial charge < -0.3 is 15.6 Å². The quantitative estimate of drug-likeness (QED) is 0.407. The highest BCUT2D eigenvalue weighted by molar-refractivity contribution is 7.89. The summed E-state index contributed by atoms with van der Waals surface area (Å²) >= 11 is 0. The van der Waals surface area contributed by atoms with Crippen LogP contribution in [0.1, 0.15) is 28.4 Å². The van der Waals surface area contributed by atoms with Crippen LogP contribution >= 0.6 is 0 Å². The fourth-order valence-corrected chi connectivity index (χ4v) is 5.75. The fourth-order valence-electron chi connectivity index (χ4n) is 4.15. The Labute approximate surface area is 212 Å². The molecule has 3 aromatic carbocycles. The van der Waals surface area contributed by atoms with E-state index in [1.807, 2.05) is 0 Å². The Morgan fingerprint density at radius 2 is 1.76 bits per heavy atom. The molecule has 0 radical (unpaired) electrons. The second-order valence-corrected chi connectivity index (χ2v) is 10.8. The van der Waals surface area contributed by atoms with E-state index in [0.717, 1.165) is 10.4 Å².